The van der Waals surface area contributed by atoms with E-state index in [-0.39, 0.29) is 5.91 Å². The molecular weight excluding hydrogens is 284 g/mol. The van der Waals surface area contributed by atoms with Gasteiger partial charge in [-0.1, -0.05) is 51.2 Å². The molecule has 1 heterocycles. The molecule has 1 aromatic heterocycles. The number of nitrogens with zero attached hydrogens (tertiary/aromatic N) is 1. The van der Waals surface area contributed by atoms with Crippen LogP contribution in [0.2, 0.25) is 0 Å². The predicted molar refractivity (Wildman–Crippen MR) is 98.5 cm³/mol. The van der Waals surface area contributed by atoms with Crippen molar-refractivity contribution in [3.63, 3.8) is 0 Å². The van der Waals surface area contributed by atoms with Crippen LogP contribution in [0.25, 0.3) is 0 Å². The van der Waals surface area contributed by atoms with E-state index >= 15 is 0 Å². The van der Waals surface area contributed by atoms with Gasteiger partial charge >= 0.3 is 0 Å². The number of pyridine rings is 1. The molecule has 23 heavy (non-hydrogen) atoms. The fourth-order valence-electron chi connectivity index (χ4n) is 2.48. The van der Waals surface area contributed by atoms with Gasteiger partial charge < -0.3 is 5.32 Å². The third-order valence-electron chi connectivity index (χ3n) is 3.88. The summed E-state index contributed by atoms with van der Waals surface area (Å²) in [7, 11) is 0. The topological polar surface area (TPSA) is 42.0 Å². The molecule has 0 saturated carbocycles. The number of amides is 1. The first-order valence-corrected chi connectivity index (χ1v) is 9.18. The maximum absolute atomic E-state index is 11.8. The van der Waals surface area contributed by atoms with Crippen LogP contribution in [0, 0.1) is 0 Å². The Morgan fingerprint density at radius 2 is 1.57 bits per heavy atom. The van der Waals surface area contributed by atoms with Crippen LogP contribution in [0.15, 0.2) is 36.7 Å². The summed E-state index contributed by atoms with van der Waals surface area (Å²) in [5.41, 5.74) is 0.829. The molecule has 0 fully saturated rings. The van der Waals surface area contributed by atoms with Crippen LogP contribution >= 0.6 is 0 Å². The van der Waals surface area contributed by atoms with E-state index in [1.165, 1.54) is 51.4 Å². The maximum atomic E-state index is 11.8. The monoisotopic (exact) mass is 316 g/mol. The highest BCUT2D eigenvalue weighted by Crippen LogP contribution is 2.10. The minimum absolute atomic E-state index is 0.103. The molecule has 128 valence electrons. The van der Waals surface area contributed by atoms with E-state index in [1.807, 2.05) is 12.1 Å². The average molecular weight is 316 g/mol. The van der Waals surface area contributed by atoms with Gasteiger partial charge in [-0.25, -0.2) is 0 Å². The fraction of sp³-hybridized carbons (Fsp3) is 0.600. The van der Waals surface area contributed by atoms with Crippen molar-refractivity contribution < 1.29 is 4.79 Å². The summed E-state index contributed by atoms with van der Waals surface area (Å²) in [5.74, 6) is 0.103. The smallest absolute Gasteiger partial charge is 0.224 e. The molecule has 0 aromatic carbocycles. The zero-order valence-electron chi connectivity index (χ0n) is 14.6. The Labute approximate surface area is 141 Å². The summed E-state index contributed by atoms with van der Waals surface area (Å²) in [5, 5.41) is 2.89. The summed E-state index contributed by atoms with van der Waals surface area (Å²) in [6.07, 6.45) is 21.0. The van der Waals surface area contributed by atoms with Crippen LogP contribution in [0.5, 0.6) is 0 Å². The van der Waals surface area contributed by atoms with E-state index in [0.29, 0.717) is 6.42 Å². The largest absolute Gasteiger partial charge is 0.326 e. The Bertz CT molecular complexity index is 429. The average Bonchev–Trinajstić information content (AvgIpc) is 2.57. The SMILES string of the molecule is CCCCCC=CCCCCCCCC(=O)Nc1ccncc1. The maximum Gasteiger partial charge on any atom is 0.224 e. The lowest BCUT2D eigenvalue weighted by Crippen LogP contribution is -2.10. The molecule has 3 nitrogen and oxygen atoms in total. The van der Waals surface area contributed by atoms with Crippen LogP contribution < -0.4 is 5.32 Å². The molecule has 0 aliphatic heterocycles. The molecular formula is C20H32N2O. The number of aromatic nitrogens is 1. The molecule has 1 N–H and O–H groups in total. The molecule has 0 saturated heterocycles. The van der Waals surface area contributed by atoms with Gasteiger partial charge in [-0.3, -0.25) is 9.78 Å². The zero-order valence-corrected chi connectivity index (χ0v) is 14.6. The number of allylic oxidation sites excluding steroid dienone is 2. The van der Waals surface area contributed by atoms with E-state index in [2.05, 4.69) is 29.4 Å². The third kappa shape index (κ3) is 11.6. The molecule has 1 rings (SSSR count). The van der Waals surface area contributed by atoms with E-state index in [4.69, 9.17) is 0 Å². The normalized spacial score (nSPS) is 11.0. The van der Waals surface area contributed by atoms with Crippen molar-refractivity contribution in [2.45, 2.75) is 77.6 Å². The standard InChI is InChI=1S/C20H32N2O/c1-2-3-4-5-6-7-8-9-10-11-12-13-14-20(23)22-19-15-17-21-18-16-19/h6-7,15-18H,2-5,8-14H2,1H3,(H,21,22,23). The fourth-order valence-corrected chi connectivity index (χ4v) is 2.48. The van der Waals surface area contributed by atoms with Crippen molar-refractivity contribution in [1.82, 2.24) is 4.98 Å². The van der Waals surface area contributed by atoms with Gasteiger partial charge in [0.2, 0.25) is 5.91 Å². The quantitative estimate of drug-likeness (QED) is 0.364. The van der Waals surface area contributed by atoms with Gasteiger partial charge in [0.25, 0.3) is 0 Å². The minimum atomic E-state index is 0.103. The van der Waals surface area contributed by atoms with Crippen molar-refractivity contribution in [3.05, 3.63) is 36.7 Å². The summed E-state index contributed by atoms with van der Waals surface area (Å²) in [6, 6.07) is 3.63. The highest BCUT2D eigenvalue weighted by atomic mass is 16.1. The molecule has 1 aromatic rings. The van der Waals surface area contributed by atoms with Crippen molar-refractivity contribution in [3.8, 4) is 0 Å². The Balaban J connectivity index is 1.88. The molecule has 0 aliphatic rings. The van der Waals surface area contributed by atoms with Crippen molar-refractivity contribution in [2.24, 2.45) is 0 Å². The van der Waals surface area contributed by atoms with Gasteiger partial charge in [0.15, 0.2) is 0 Å². The molecule has 0 unspecified atom stereocenters. The second-order valence-corrected chi connectivity index (χ2v) is 6.06. The number of carbonyl (C=O) groups excluding carboxylic acids is 1. The number of carbonyl (C=O) groups is 1. The summed E-state index contributed by atoms with van der Waals surface area (Å²) >= 11 is 0. The summed E-state index contributed by atoms with van der Waals surface area (Å²) in [6.45, 7) is 2.24. The Morgan fingerprint density at radius 3 is 2.26 bits per heavy atom. The van der Waals surface area contributed by atoms with Gasteiger partial charge in [-0.2, -0.15) is 0 Å². The van der Waals surface area contributed by atoms with Crippen LogP contribution in [-0.4, -0.2) is 10.9 Å². The predicted octanol–water partition coefficient (Wildman–Crippen LogP) is 5.89. The first-order valence-electron chi connectivity index (χ1n) is 9.18. The lowest BCUT2D eigenvalue weighted by Gasteiger charge is -2.04. The number of unbranched alkanes of at least 4 members (excludes halogenated alkanes) is 8. The second kappa shape index (κ2) is 14.0. The highest BCUT2D eigenvalue weighted by Gasteiger charge is 2.01. The first-order chi connectivity index (χ1) is 11.3. The van der Waals surface area contributed by atoms with E-state index in [1.54, 1.807) is 12.4 Å². The number of anilines is 1. The second-order valence-electron chi connectivity index (χ2n) is 6.06. The Hall–Kier alpha value is -1.64. The number of rotatable bonds is 13. The Morgan fingerprint density at radius 1 is 0.957 bits per heavy atom. The molecule has 0 radical (unpaired) electrons. The van der Waals surface area contributed by atoms with Crippen LogP contribution in [0.1, 0.15) is 77.6 Å². The molecule has 0 bridgehead atoms. The lowest BCUT2D eigenvalue weighted by atomic mass is 10.1. The van der Waals surface area contributed by atoms with E-state index < -0.39 is 0 Å². The van der Waals surface area contributed by atoms with Crippen LogP contribution in [-0.2, 0) is 4.79 Å². The molecule has 0 aliphatic carbocycles. The minimum Gasteiger partial charge on any atom is -0.326 e. The third-order valence-corrected chi connectivity index (χ3v) is 3.88. The van der Waals surface area contributed by atoms with Crippen molar-refractivity contribution in [1.29, 1.82) is 0 Å². The first kappa shape index (κ1) is 19.4. The van der Waals surface area contributed by atoms with Gasteiger partial charge in [0.05, 0.1) is 0 Å². The molecule has 0 atom stereocenters. The number of hydrogen-bond donors (Lipinski definition) is 1. The number of hydrogen-bond acceptors (Lipinski definition) is 2. The molecule has 0 spiro atoms. The van der Waals surface area contributed by atoms with Crippen molar-refractivity contribution >= 4 is 11.6 Å². The molecule has 3 heteroatoms. The van der Waals surface area contributed by atoms with E-state index in [0.717, 1.165) is 18.5 Å². The van der Waals surface area contributed by atoms with Crippen LogP contribution in [0.4, 0.5) is 5.69 Å². The Kier molecular flexibility index (Phi) is 11.8. The van der Waals surface area contributed by atoms with Gasteiger partial charge in [-0.05, 0) is 44.2 Å². The van der Waals surface area contributed by atoms with Gasteiger partial charge in [-0.15, -0.1) is 0 Å². The van der Waals surface area contributed by atoms with Gasteiger partial charge in [0, 0.05) is 24.5 Å². The summed E-state index contributed by atoms with van der Waals surface area (Å²) < 4.78 is 0. The lowest BCUT2D eigenvalue weighted by molar-refractivity contribution is -0.116. The number of nitrogens with one attached hydrogen (secondary N) is 1. The van der Waals surface area contributed by atoms with Crippen molar-refractivity contribution in [2.75, 3.05) is 5.32 Å². The van der Waals surface area contributed by atoms with Crippen LogP contribution in [0.3, 0.4) is 0 Å². The highest BCUT2D eigenvalue weighted by molar-refractivity contribution is 5.90. The van der Waals surface area contributed by atoms with Gasteiger partial charge in [0.1, 0.15) is 0 Å². The zero-order chi connectivity index (χ0) is 16.6. The molecule has 1 amide bonds. The summed E-state index contributed by atoms with van der Waals surface area (Å²) in [4.78, 5) is 15.7. The van der Waals surface area contributed by atoms with E-state index in [9.17, 15) is 4.79 Å².